The number of amides is 2. The van der Waals surface area contributed by atoms with Crippen molar-refractivity contribution < 1.29 is 9.59 Å². The zero-order valence-electron chi connectivity index (χ0n) is 13.0. The first-order chi connectivity index (χ1) is 12.1. The number of nitrogens with zero attached hydrogens (tertiary/aromatic N) is 3. The van der Waals surface area contributed by atoms with Gasteiger partial charge in [-0.2, -0.15) is 5.10 Å². The third kappa shape index (κ3) is 4.21. The molecule has 2 N–H and O–H groups in total. The van der Waals surface area contributed by atoms with Crippen LogP contribution in [0.3, 0.4) is 0 Å². The van der Waals surface area contributed by atoms with E-state index in [1.807, 2.05) is 18.2 Å². The van der Waals surface area contributed by atoms with E-state index in [-0.39, 0.29) is 5.69 Å². The van der Waals surface area contributed by atoms with E-state index in [1.54, 1.807) is 35.1 Å². The number of carbonyl (C=O) groups is 2. The van der Waals surface area contributed by atoms with E-state index in [4.69, 9.17) is 11.6 Å². The van der Waals surface area contributed by atoms with E-state index in [1.165, 1.54) is 12.4 Å². The second-order valence-electron chi connectivity index (χ2n) is 5.14. The van der Waals surface area contributed by atoms with Crippen molar-refractivity contribution in [3.05, 3.63) is 82.9 Å². The molecule has 7 nitrogen and oxygen atoms in total. The topological polar surface area (TPSA) is 88.9 Å². The molecule has 0 fully saturated rings. The van der Waals surface area contributed by atoms with Crippen LogP contribution in [0.1, 0.15) is 26.4 Å². The molecule has 0 unspecified atom stereocenters. The minimum absolute atomic E-state index is 0.206. The summed E-state index contributed by atoms with van der Waals surface area (Å²) in [4.78, 5) is 27.8. The van der Waals surface area contributed by atoms with Crippen LogP contribution in [-0.4, -0.2) is 26.6 Å². The van der Waals surface area contributed by atoms with Gasteiger partial charge in [-0.15, -0.1) is 0 Å². The van der Waals surface area contributed by atoms with Crippen molar-refractivity contribution in [2.45, 2.75) is 6.54 Å². The summed E-state index contributed by atoms with van der Waals surface area (Å²) in [6.07, 6.45) is 4.49. The van der Waals surface area contributed by atoms with Gasteiger partial charge < -0.3 is 0 Å². The van der Waals surface area contributed by atoms with Crippen molar-refractivity contribution in [3.8, 4) is 0 Å². The van der Waals surface area contributed by atoms with Crippen molar-refractivity contribution in [2.24, 2.45) is 0 Å². The molecule has 0 radical (unpaired) electrons. The Bertz CT molecular complexity index is 895. The zero-order valence-corrected chi connectivity index (χ0v) is 13.8. The van der Waals surface area contributed by atoms with Gasteiger partial charge in [0.1, 0.15) is 5.69 Å². The van der Waals surface area contributed by atoms with Gasteiger partial charge >= 0.3 is 0 Å². The van der Waals surface area contributed by atoms with Gasteiger partial charge in [0.05, 0.1) is 18.3 Å². The maximum atomic E-state index is 12.1. The minimum atomic E-state index is -0.502. The average Bonchev–Trinajstić information content (AvgIpc) is 3.11. The number of carbonyl (C=O) groups excluding carboxylic acids is 2. The van der Waals surface area contributed by atoms with Crippen molar-refractivity contribution in [1.29, 1.82) is 0 Å². The number of nitrogens with one attached hydrogen (secondary N) is 2. The molecule has 25 heavy (non-hydrogen) atoms. The van der Waals surface area contributed by atoms with Gasteiger partial charge in [0.25, 0.3) is 11.8 Å². The van der Waals surface area contributed by atoms with Crippen LogP contribution in [0.4, 0.5) is 0 Å². The Labute approximate surface area is 148 Å². The number of halogens is 1. The van der Waals surface area contributed by atoms with Crippen LogP contribution < -0.4 is 10.9 Å². The lowest BCUT2D eigenvalue weighted by molar-refractivity contribution is 0.0844. The first-order valence-corrected chi connectivity index (χ1v) is 7.79. The molecule has 8 heteroatoms. The van der Waals surface area contributed by atoms with Crippen LogP contribution in [0.2, 0.25) is 5.02 Å². The van der Waals surface area contributed by atoms with E-state index in [0.29, 0.717) is 17.1 Å². The van der Waals surface area contributed by atoms with Gasteiger partial charge in [-0.05, 0) is 23.8 Å². The molecule has 0 aliphatic heterocycles. The third-order valence-corrected chi connectivity index (χ3v) is 3.74. The Morgan fingerprint density at radius 1 is 1.04 bits per heavy atom. The lowest BCUT2D eigenvalue weighted by Crippen LogP contribution is -2.41. The summed E-state index contributed by atoms with van der Waals surface area (Å²) >= 11 is 6.11. The number of benzene rings is 1. The number of pyridine rings is 1. The quantitative estimate of drug-likeness (QED) is 0.701. The Balaban J connectivity index is 1.59. The lowest BCUT2D eigenvalue weighted by Gasteiger charge is -2.05. The zero-order chi connectivity index (χ0) is 17.6. The molecule has 2 heterocycles. The average molecular weight is 356 g/mol. The minimum Gasteiger partial charge on any atom is -0.267 e. The second-order valence-corrected chi connectivity index (χ2v) is 5.55. The molecule has 0 atom stereocenters. The largest absolute Gasteiger partial charge is 0.288 e. The molecule has 0 saturated carbocycles. The summed E-state index contributed by atoms with van der Waals surface area (Å²) in [6.45, 7) is 0.438. The predicted molar refractivity (Wildman–Crippen MR) is 92.0 cm³/mol. The Kier molecular flexibility index (Phi) is 5.06. The summed E-state index contributed by atoms with van der Waals surface area (Å²) in [5, 5.41) is 4.76. The van der Waals surface area contributed by atoms with Gasteiger partial charge in [0, 0.05) is 17.4 Å². The predicted octanol–water partition coefficient (Wildman–Crippen LogP) is 2.05. The van der Waals surface area contributed by atoms with Crippen LogP contribution >= 0.6 is 11.6 Å². The fourth-order valence-corrected chi connectivity index (χ4v) is 2.31. The molecule has 0 bridgehead atoms. The summed E-state index contributed by atoms with van der Waals surface area (Å²) in [5.74, 6) is -0.980. The number of hydrazine groups is 1. The number of hydrogen-bond acceptors (Lipinski definition) is 4. The van der Waals surface area contributed by atoms with Crippen LogP contribution in [-0.2, 0) is 6.54 Å². The maximum Gasteiger partial charge on any atom is 0.288 e. The molecule has 0 saturated heterocycles. The third-order valence-electron chi connectivity index (χ3n) is 3.37. The monoisotopic (exact) mass is 355 g/mol. The summed E-state index contributed by atoms with van der Waals surface area (Å²) in [6, 6.07) is 12.3. The summed E-state index contributed by atoms with van der Waals surface area (Å²) < 4.78 is 1.59. The molecule has 3 rings (SSSR count). The van der Waals surface area contributed by atoms with Gasteiger partial charge in [-0.25, -0.2) is 0 Å². The summed E-state index contributed by atoms with van der Waals surface area (Å²) in [7, 11) is 0. The highest BCUT2D eigenvalue weighted by atomic mass is 35.5. The van der Waals surface area contributed by atoms with Crippen molar-refractivity contribution in [3.63, 3.8) is 0 Å². The van der Waals surface area contributed by atoms with Crippen molar-refractivity contribution in [2.75, 3.05) is 0 Å². The van der Waals surface area contributed by atoms with Crippen LogP contribution in [0.15, 0.2) is 61.1 Å². The standard InChI is InChI=1S/C17H14ClN5O2/c18-14-6-2-1-5-12(14)10-23-11-13(9-20-23)16(24)21-22-17(25)15-7-3-4-8-19-15/h1-9,11H,10H2,(H,21,24)(H,22,25). The molecular weight excluding hydrogens is 342 g/mol. The molecule has 2 amide bonds. The Hall–Kier alpha value is -3.19. The van der Waals surface area contributed by atoms with E-state index in [0.717, 1.165) is 5.56 Å². The molecule has 0 aliphatic carbocycles. The fourth-order valence-electron chi connectivity index (χ4n) is 2.12. The van der Waals surface area contributed by atoms with Gasteiger partial charge in [0.2, 0.25) is 0 Å². The highest BCUT2D eigenvalue weighted by molar-refractivity contribution is 6.31. The van der Waals surface area contributed by atoms with E-state index in [2.05, 4.69) is 20.9 Å². The highest BCUT2D eigenvalue weighted by Gasteiger charge is 2.12. The van der Waals surface area contributed by atoms with Gasteiger partial charge in [-0.3, -0.25) is 30.1 Å². The van der Waals surface area contributed by atoms with E-state index >= 15 is 0 Å². The molecule has 126 valence electrons. The van der Waals surface area contributed by atoms with E-state index in [9.17, 15) is 9.59 Å². The summed E-state index contributed by atoms with van der Waals surface area (Å²) in [5.41, 5.74) is 6.04. The SMILES string of the molecule is O=C(NNC(=O)c1ccccn1)c1cnn(Cc2ccccc2Cl)c1. The van der Waals surface area contributed by atoms with Crippen LogP contribution in [0.25, 0.3) is 0 Å². The number of rotatable bonds is 4. The Morgan fingerprint density at radius 2 is 1.80 bits per heavy atom. The van der Waals surface area contributed by atoms with Gasteiger partial charge in [0.15, 0.2) is 0 Å². The number of aromatic nitrogens is 3. The number of hydrogen-bond donors (Lipinski definition) is 2. The molecular formula is C17H14ClN5O2. The van der Waals surface area contributed by atoms with Crippen LogP contribution in [0, 0.1) is 0 Å². The Morgan fingerprint density at radius 3 is 2.56 bits per heavy atom. The van der Waals surface area contributed by atoms with E-state index < -0.39 is 11.8 Å². The molecule has 0 aliphatic rings. The molecule has 1 aromatic carbocycles. The molecule has 2 aromatic heterocycles. The fraction of sp³-hybridized carbons (Fsp3) is 0.0588. The molecule has 0 spiro atoms. The van der Waals surface area contributed by atoms with Crippen LogP contribution in [0.5, 0.6) is 0 Å². The highest BCUT2D eigenvalue weighted by Crippen LogP contribution is 2.16. The normalized spacial score (nSPS) is 10.3. The first kappa shape index (κ1) is 16.7. The maximum absolute atomic E-state index is 12.1. The van der Waals surface area contributed by atoms with Crippen molar-refractivity contribution >= 4 is 23.4 Å². The molecule has 3 aromatic rings. The smallest absolute Gasteiger partial charge is 0.267 e. The van der Waals surface area contributed by atoms with Gasteiger partial charge in [-0.1, -0.05) is 35.9 Å². The lowest BCUT2D eigenvalue weighted by atomic mass is 10.2. The first-order valence-electron chi connectivity index (χ1n) is 7.41. The van der Waals surface area contributed by atoms with Crippen molar-refractivity contribution in [1.82, 2.24) is 25.6 Å². The second kappa shape index (κ2) is 7.59.